The Labute approximate surface area is 164 Å². The Balaban J connectivity index is 1.87. The first kappa shape index (κ1) is 18.5. The van der Waals surface area contributed by atoms with Crippen LogP contribution >= 0.6 is 0 Å². The molecule has 5 nitrogen and oxygen atoms in total. The van der Waals surface area contributed by atoms with E-state index in [1.54, 1.807) is 19.2 Å². The molecular formula is C23H25NO4. The number of carbonyl (C=O) groups is 2. The van der Waals surface area contributed by atoms with Crippen LogP contribution in [-0.4, -0.2) is 35.0 Å². The Morgan fingerprint density at radius 2 is 1.71 bits per heavy atom. The summed E-state index contributed by atoms with van der Waals surface area (Å²) in [6.45, 7) is 0. The van der Waals surface area contributed by atoms with E-state index in [9.17, 15) is 14.7 Å². The number of ether oxygens (including phenoxy) is 1. The Morgan fingerprint density at radius 3 is 2.36 bits per heavy atom. The fourth-order valence-electron chi connectivity index (χ4n) is 4.73. The molecule has 0 spiro atoms. The van der Waals surface area contributed by atoms with Gasteiger partial charge in [-0.25, -0.2) is 0 Å². The summed E-state index contributed by atoms with van der Waals surface area (Å²) in [7, 11) is 1.60. The molecule has 4 rings (SSSR count). The summed E-state index contributed by atoms with van der Waals surface area (Å²) in [5.74, 6) is -1.03. The molecule has 0 radical (unpaired) electrons. The second kappa shape index (κ2) is 7.66. The normalized spacial score (nSPS) is 22.6. The van der Waals surface area contributed by atoms with Gasteiger partial charge in [-0.3, -0.25) is 9.59 Å². The van der Waals surface area contributed by atoms with Crippen molar-refractivity contribution in [1.82, 2.24) is 4.90 Å². The van der Waals surface area contributed by atoms with Crippen molar-refractivity contribution in [1.29, 1.82) is 0 Å². The zero-order chi connectivity index (χ0) is 19.7. The minimum Gasteiger partial charge on any atom is -0.497 e. The number of methoxy groups -OCH3 is 1. The SMILES string of the molecule is COc1ccc([C@H]2[C@H](C(=O)O)c3ccccc3C(=O)N2C2CCCCC2)cc1. The van der Waals surface area contributed by atoms with Gasteiger partial charge in [0.05, 0.1) is 13.2 Å². The van der Waals surface area contributed by atoms with E-state index in [0.717, 1.165) is 31.2 Å². The third kappa shape index (κ3) is 3.15. The van der Waals surface area contributed by atoms with Gasteiger partial charge in [-0.05, 0) is 42.2 Å². The van der Waals surface area contributed by atoms with Crippen molar-refractivity contribution in [3.05, 3.63) is 65.2 Å². The molecule has 1 aliphatic heterocycles. The lowest BCUT2D eigenvalue weighted by molar-refractivity contribution is -0.141. The maximum Gasteiger partial charge on any atom is 0.313 e. The Bertz CT molecular complexity index is 870. The zero-order valence-electron chi connectivity index (χ0n) is 16.0. The second-order valence-electron chi connectivity index (χ2n) is 7.63. The molecule has 1 N–H and O–H groups in total. The number of aliphatic carboxylic acids is 1. The van der Waals surface area contributed by atoms with Crippen molar-refractivity contribution < 1.29 is 19.4 Å². The highest BCUT2D eigenvalue weighted by Gasteiger charge is 2.46. The van der Waals surface area contributed by atoms with Gasteiger partial charge in [0.15, 0.2) is 0 Å². The van der Waals surface area contributed by atoms with Gasteiger partial charge < -0.3 is 14.7 Å². The average molecular weight is 379 g/mol. The molecule has 1 saturated carbocycles. The molecule has 0 bridgehead atoms. The number of carbonyl (C=O) groups excluding carboxylic acids is 1. The van der Waals surface area contributed by atoms with Gasteiger partial charge in [0.25, 0.3) is 5.91 Å². The molecule has 28 heavy (non-hydrogen) atoms. The van der Waals surface area contributed by atoms with Crippen molar-refractivity contribution >= 4 is 11.9 Å². The van der Waals surface area contributed by atoms with Gasteiger partial charge in [0, 0.05) is 11.6 Å². The molecule has 2 aromatic rings. The summed E-state index contributed by atoms with van der Waals surface area (Å²) < 4.78 is 5.25. The Kier molecular flexibility index (Phi) is 5.07. The topological polar surface area (TPSA) is 66.8 Å². The maximum atomic E-state index is 13.5. The van der Waals surface area contributed by atoms with Crippen LogP contribution in [0.15, 0.2) is 48.5 Å². The molecule has 0 aromatic heterocycles. The van der Waals surface area contributed by atoms with Crippen LogP contribution in [0.3, 0.4) is 0 Å². The molecule has 2 atom stereocenters. The van der Waals surface area contributed by atoms with Gasteiger partial charge in [-0.15, -0.1) is 0 Å². The molecule has 0 saturated heterocycles. The van der Waals surface area contributed by atoms with Gasteiger partial charge in [0.1, 0.15) is 11.7 Å². The summed E-state index contributed by atoms with van der Waals surface area (Å²) in [6.07, 6.45) is 5.16. The third-order valence-corrected chi connectivity index (χ3v) is 6.07. The highest BCUT2D eigenvalue weighted by atomic mass is 16.5. The number of carboxylic acids is 1. The van der Waals surface area contributed by atoms with E-state index in [-0.39, 0.29) is 11.9 Å². The van der Waals surface area contributed by atoms with Crippen molar-refractivity contribution in [2.24, 2.45) is 0 Å². The zero-order valence-corrected chi connectivity index (χ0v) is 16.0. The number of rotatable bonds is 4. The van der Waals surface area contributed by atoms with Gasteiger partial charge in [-0.2, -0.15) is 0 Å². The number of benzene rings is 2. The molecule has 146 valence electrons. The lowest BCUT2D eigenvalue weighted by Gasteiger charge is -2.46. The van der Waals surface area contributed by atoms with E-state index in [1.165, 1.54) is 6.42 Å². The van der Waals surface area contributed by atoms with Crippen LogP contribution in [0.1, 0.15) is 65.5 Å². The van der Waals surface area contributed by atoms with Gasteiger partial charge >= 0.3 is 5.97 Å². The average Bonchev–Trinajstić information content (AvgIpc) is 2.74. The maximum absolute atomic E-state index is 13.5. The molecular weight excluding hydrogens is 354 g/mol. The predicted octanol–water partition coefficient (Wildman–Crippen LogP) is 4.39. The minimum absolute atomic E-state index is 0.0548. The van der Waals surface area contributed by atoms with Crippen LogP contribution in [0.4, 0.5) is 0 Å². The smallest absolute Gasteiger partial charge is 0.313 e. The lowest BCUT2D eigenvalue weighted by Crippen LogP contribution is -2.50. The highest BCUT2D eigenvalue weighted by molar-refractivity contribution is 6.00. The van der Waals surface area contributed by atoms with E-state index in [0.29, 0.717) is 16.9 Å². The van der Waals surface area contributed by atoms with E-state index in [1.807, 2.05) is 41.3 Å². The van der Waals surface area contributed by atoms with E-state index in [2.05, 4.69) is 0 Å². The summed E-state index contributed by atoms with van der Waals surface area (Å²) >= 11 is 0. The molecule has 2 aromatic carbocycles. The summed E-state index contributed by atoms with van der Waals surface area (Å²) in [5.41, 5.74) is 1.96. The molecule has 1 heterocycles. The fraction of sp³-hybridized carbons (Fsp3) is 0.391. The summed E-state index contributed by atoms with van der Waals surface area (Å²) in [5, 5.41) is 10.2. The van der Waals surface area contributed by atoms with Crippen LogP contribution in [0, 0.1) is 0 Å². The summed E-state index contributed by atoms with van der Waals surface area (Å²) in [6, 6.07) is 14.1. The molecule has 2 aliphatic rings. The minimum atomic E-state index is -0.901. The van der Waals surface area contributed by atoms with Crippen molar-refractivity contribution in [3.63, 3.8) is 0 Å². The van der Waals surface area contributed by atoms with Gasteiger partial charge in [-0.1, -0.05) is 49.6 Å². The first-order valence-corrected chi connectivity index (χ1v) is 9.90. The highest BCUT2D eigenvalue weighted by Crippen LogP contribution is 2.45. The Hall–Kier alpha value is -2.82. The van der Waals surface area contributed by atoms with Crippen LogP contribution in [0.5, 0.6) is 5.75 Å². The predicted molar refractivity (Wildman–Crippen MR) is 106 cm³/mol. The standard InChI is InChI=1S/C23H25NO4/c1-28-17-13-11-15(12-14-17)21-20(23(26)27)18-9-5-6-10-19(18)22(25)24(21)16-7-3-2-4-8-16/h5-6,9-14,16,20-21H,2-4,7-8H2,1H3,(H,26,27)/t20-,21+/m1/s1. The monoisotopic (exact) mass is 379 g/mol. The van der Waals surface area contributed by atoms with E-state index in [4.69, 9.17) is 4.74 Å². The number of amides is 1. The van der Waals surface area contributed by atoms with Crippen molar-refractivity contribution in [3.8, 4) is 5.75 Å². The van der Waals surface area contributed by atoms with Crippen LogP contribution in [0.25, 0.3) is 0 Å². The first-order valence-electron chi connectivity index (χ1n) is 9.90. The van der Waals surface area contributed by atoms with E-state index >= 15 is 0 Å². The molecule has 1 fully saturated rings. The number of hydrogen-bond acceptors (Lipinski definition) is 3. The fourth-order valence-corrected chi connectivity index (χ4v) is 4.73. The molecule has 5 heteroatoms. The first-order chi connectivity index (χ1) is 13.6. The largest absolute Gasteiger partial charge is 0.497 e. The molecule has 0 unspecified atom stereocenters. The molecule has 1 amide bonds. The van der Waals surface area contributed by atoms with Crippen molar-refractivity contribution in [2.45, 2.75) is 50.1 Å². The quantitative estimate of drug-likeness (QED) is 0.855. The second-order valence-corrected chi connectivity index (χ2v) is 7.63. The molecule has 1 aliphatic carbocycles. The number of hydrogen-bond donors (Lipinski definition) is 1. The van der Waals surface area contributed by atoms with Crippen LogP contribution in [0.2, 0.25) is 0 Å². The third-order valence-electron chi connectivity index (χ3n) is 6.07. The van der Waals surface area contributed by atoms with Crippen LogP contribution < -0.4 is 4.74 Å². The van der Waals surface area contributed by atoms with E-state index < -0.39 is 17.9 Å². The number of fused-ring (bicyclic) bond motifs is 1. The lowest BCUT2D eigenvalue weighted by atomic mass is 9.77. The van der Waals surface area contributed by atoms with Crippen molar-refractivity contribution in [2.75, 3.05) is 7.11 Å². The number of carboxylic acid groups (broad SMARTS) is 1. The Morgan fingerprint density at radius 1 is 1.04 bits per heavy atom. The summed E-state index contributed by atoms with van der Waals surface area (Å²) in [4.78, 5) is 27.8. The van der Waals surface area contributed by atoms with Crippen LogP contribution in [-0.2, 0) is 4.79 Å². The number of nitrogens with zero attached hydrogens (tertiary/aromatic N) is 1. The van der Waals surface area contributed by atoms with Gasteiger partial charge in [0.2, 0.25) is 0 Å².